The standard InChI is InChI=1S/C15H23N3O3/c1-15(2,3)21-14(19)17-12-4-5-13(16-10-12)11-18-6-8-20-9-7-18/h4-5,10H,6-9,11H2,1-3H3,(H,17,19). The number of rotatable bonds is 3. The molecule has 2 rings (SSSR count). The molecule has 1 fully saturated rings. The summed E-state index contributed by atoms with van der Waals surface area (Å²) in [5.74, 6) is 0. The summed E-state index contributed by atoms with van der Waals surface area (Å²) in [6.07, 6.45) is 1.19. The number of hydrogen-bond donors (Lipinski definition) is 1. The molecule has 0 aliphatic carbocycles. The molecule has 21 heavy (non-hydrogen) atoms. The summed E-state index contributed by atoms with van der Waals surface area (Å²) in [6.45, 7) is 9.70. The summed E-state index contributed by atoms with van der Waals surface area (Å²) in [6, 6.07) is 3.76. The number of anilines is 1. The Morgan fingerprint density at radius 2 is 2.10 bits per heavy atom. The number of pyridine rings is 1. The molecule has 0 radical (unpaired) electrons. The Kier molecular flexibility index (Phi) is 5.14. The Hall–Kier alpha value is -1.66. The largest absolute Gasteiger partial charge is 0.444 e. The van der Waals surface area contributed by atoms with Crippen molar-refractivity contribution in [3.05, 3.63) is 24.0 Å². The number of ether oxygens (including phenoxy) is 2. The molecule has 1 aliphatic heterocycles. The van der Waals surface area contributed by atoms with Crippen molar-refractivity contribution < 1.29 is 14.3 Å². The van der Waals surface area contributed by atoms with Crippen LogP contribution in [-0.2, 0) is 16.0 Å². The zero-order valence-corrected chi connectivity index (χ0v) is 12.9. The van der Waals surface area contributed by atoms with Crippen molar-refractivity contribution in [3.8, 4) is 0 Å². The highest BCUT2D eigenvalue weighted by molar-refractivity contribution is 5.84. The first-order chi connectivity index (χ1) is 9.92. The molecule has 1 amide bonds. The number of carbonyl (C=O) groups is 1. The first-order valence-corrected chi connectivity index (χ1v) is 7.17. The lowest BCUT2D eigenvalue weighted by molar-refractivity contribution is 0.0336. The van der Waals surface area contributed by atoms with E-state index in [1.54, 1.807) is 6.20 Å². The zero-order chi connectivity index (χ0) is 15.3. The molecular weight excluding hydrogens is 270 g/mol. The molecule has 0 spiro atoms. The fraction of sp³-hybridized carbons (Fsp3) is 0.600. The van der Waals surface area contributed by atoms with Crippen molar-refractivity contribution in [1.29, 1.82) is 0 Å². The maximum atomic E-state index is 11.6. The van der Waals surface area contributed by atoms with Crippen molar-refractivity contribution in [1.82, 2.24) is 9.88 Å². The molecule has 1 aromatic rings. The molecule has 0 saturated carbocycles. The van der Waals surface area contributed by atoms with E-state index in [-0.39, 0.29) is 0 Å². The Labute approximate surface area is 125 Å². The Balaban J connectivity index is 1.85. The average Bonchev–Trinajstić information content (AvgIpc) is 2.40. The van der Waals surface area contributed by atoms with Gasteiger partial charge in [0.2, 0.25) is 0 Å². The Bertz CT molecular complexity index is 462. The first kappa shape index (κ1) is 15.7. The molecular formula is C15H23N3O3. The fourth-order valence-corrected chi connectivity index (χ4v) is 2.00. The van der Waals surface area contributed by atoms with Gasteiger partial charge < -0.3 is 9.47 Å². The lowest BCUT2D eigenvalue weighted by Gasteiger charge is -2.26. The van der Waals surface area contributed by atoms with Crippen molar-refractivity contribution in [2.45, 2.75) is 32.9 Å². The van der Waals surface area contributed by atoms with Gasteiger partial charge in [-0.2, -0.15) is 0 Å². The Morgan fingerprint density at radius 3 is 2.67 bits per heavy atom. The Morgan fingerprint density at radius 1 is 1.38 bits per heavy atom. The molecule has 1 saturated heterocycles. The predicted molar refractivity (Wildman–Crippen MR) is 80.2 cm³/mol. The van der Waals surface area contributed by atoms with E-state index in [0.29, 0.717) is 5.69 Å². The van der Waals surface area contributed by atoms with Crippen molar-refractivity contribution in [3.63, 3.8) is 0 Å². The second-order valence-electron chi connectivity index (χ2n) is 6.05. The molecule has 0 atom stereocenters. The molecule has 1 aromatic heterocycles. The second-order valence-corrected chi connectivity index (χ2v) is 6.05. The third kappa shape index (κ3) is 5.69. The van der Waals surface area contributed by atoms with Crippen LogP contribution in [0.5, 0.6) is 0 Å². The maximum absolute atomic E-state index is 11.6. The molecule has 2 heterocycles. The van der Waals surface area contributed by atoms with Crippen LogP contribution >= 0.6 is 0 Å². The minimum Gasteiger partial charge on any atom is -0.444 e. The molecule has 6 nitrogen and oxygen atoms in total. The highest BCUT2D eigenvalue weighted by Crippen LogP contribution is 2.12. The molecule has 0 aromatic carbocycles. The van der Waals surface area contributed by atoms with E-state index < -0.39 is 11.7 Å². The third-order valence-corrected chi connectivity index (χ3v) is 2.96. The normalized spacial score (nSPS) is 16.5. The summed E-state index contributed by atoms with van der Waals surface area (Å²) < 4.78 is 10.5. The van der Waals surface area contributed by atoms with E-state index in [9.17, 15) is 4.79 Å². The van der Waals surface area contributed by atoms with Gasteiger partial charge in [0.15, 0.2) is 0 Å². The fourth-order valence-electron chi connectivity index (χ4n) is 2.00. The van der Waals surface area contributed by atoms with Crippen LogP contribution in [0, 0.1) is 0 Å². The monoisotopic (exact) mass is 293 g/mol. The second kappa shape index (κ2) is 6.87. The van der Waals surface area contributed by atoms with E-state index in [2.05, 4.69) is 15.2 Å². The SMILES string of the molecule is CC(C)(C)OC(=O)Nc1ccc(CN2CCOCC2)nc1. The van der Waals surface area contributed by atoms with E-state index in [4.69, 9.17) is 9.47 Å². The third-order valence-electron chi connectivity index (χ3n) is 2.96. The molecule has 116 valence electrons. The average molecular weight is 293 g/mol. The highest BCUT2D eigenvalue weighted by atomic mass is 16.6. The van der Waals surface area contributed by atoms with Crippen LogP contribution in [0.15, 0.2) is 18.3 Å². The molecule has 1 N–H and O–H groups in total. The van der Waals surface area contributed by atoms with Gasteiger partial charge in [0, 0.05) is 19.6 Å². The van der Waals surface area contributed by atoms with Gasteiger partial charge in [0.05, 0.1) is 30.8 Å². The van der Waals surface area contributed by atoms with Gasteiger partial charge in [-0.15, -0.1) is 0 Å². The van der Waals surface area contributed by atoms with Crippen LogP contribution < -0.4 is 5.32 Å². The predicted octanol–water partition coefficient (Wildman–Crippen LogP) is 2.26. The topological polar surface area (TPSA) is 63.7 Å². The summed E-state index contributed by atoms with van der Waals surface area (Å²) in [5.41, 5.74) is 1.11. The summed E-state index contributed by atoms with van der Waals surface area (Å²) in [7, 11) is 0. The van der Waals surface area contributed by atoms with Gasteiger partial charge in [-0.3, -0.25) is 15.2 Å². The molecule has 6 heteroatoms. The van der Waals surface area contributed by atoms with Crippen LogP contribution in [0.3, 0.4) is 0 Å². The minimum absolute atomic E-state index is 0.467. The van der Waals surface area contributed by atoms with E-state index in [0.717, 1.165) is 38.5 Å². The zero-order valence-electron chi connectivity index (χ0n) is 12.9. The summed E-state index contributed by atoms with van der Waals surface area (Å²) in [5, 5.41) is 2.67. The van der Waals surface area contributed by atoms with Gasteiger partial charge in [-0.25, -0.2) is 4.79 Å². The van der Waals surface area contributed by atoms with Crippen molar-refractivity contribution >= 4 is 11.8 Å². The lowest BCUT2D eigenvalue weighted by atomic mass is 10.2. The smallest absolute Gasteiger partial charge is 0.412 e. The van der Waals surface area contributed by atoms with Crippen LogP contribution in [-0.4, -0.2) is 47.9 Å². The quantitative estimate of drug-likeness (QED) is 0.926. The van der Waals surface area contributed by atoms with E-state index in [1.807, 2.05) is 32.9 Å². The number of morpholine rings is 1. The van der Waals surface area contributed by atoms with E-state index in [1.165, 1.54) is 0 Å². The van der Waals surface area contributed by atoms with E-state index >= 15 is 0 Å². The number of amides is 1. The number of carbonyl (C=O) groups excluding carboxylic acids is 1. The number of aromatic nitrogens is 1. The van der Waals surface area contributed by atoms with Crippen LogP contribution in [0.2, 0.25) is 0 Å². The summed E-state index contributed by atoms with van der Waals surface area (Å²) in [4.78, 5) is 18.3. The van der Waals surface area contributed by atoms with Gasteiger partial charge in [0.25, 0.3) is 0 Å². The van der Waals surface area contributed by atoms with Gasteiger partial charge in [-0.1, -0.05) is 0 Å². The van der Waals surface area contributed by atoms with Gasteiger partial charge in [-0.05, 0) is 32.9 Å². The van der Waals surface area contributed by atoms with Crippen molar-refractivity contribution in [2.24, 2.45) is 0 Å². The minimum atomic E-state index is -0.506. The van der Waals surface area contributed by atoms with Gasteiger partial charge in [0.1, 0.15) is 5.60 Å². The van der Waals surface area contributed by atoms with Crippen LogP contribution in [0.25, 0.3) is 0 Å². The van der Waals surface area contributed by atoms with Crippen LogP contribution in [0.1, 0.15) is 26.5 Å². The number of hydrogen-bond acceptors (Lipinski definition) is 5. The number of nitrogens with one attached hydrogen (secondary N) is 1. The molecule has 0 unspecified atom stereocenters. The van der Waals surface area contributed by atoms with Crippen LogP contribution in [0.4, 0.5) is 10.5 Å². The lowest BCUT2D eigenvalue weighted by Crippen LogP contribution is -2.35. The first-order valence-electron chi connectivity index (χ1n) is 7.17. The number of nitrogens with zero attached hydrogens (tertiary/aromatic N) is 2. The summed E-state index contributed by atoms with van der Waals surface area (Å²) >= 11 is 0. The highest BCUT2D eigenvalue weighted by Gasteiger charge is 2.16. The van der Waals surface area contributed by atoms with Gasteiger partial charge >= 0.3 is 6.09 Å². The molecule has 1 aliphatic rings. The van der Waals surface area contributed by atoms with Crippen molar-refractivity contribution in [2.75, 3.05) is 31.6 Å². The maximum Gasteiger partial charge on any atom is 0.412 e. The molecule has 0 bridgehead atoms.